The highest BCUT2D eigenvalue weighted by molar-refractivity contribution is 6.33. The number of hydrazine groups is 1. The van der Waals surface area contributed by atoms with Gasteiger partial charge in [-0.1, -0.05) is 77.3 Å². The summed E-state index contributed by atoms with van der Waals surface area (Å²) in [5.74, 6) is -7.51. The van der Waals surface area contributed by atoms with Crippen molar-refractivity contribution < 1.29 is 46.9 Å². The molecule has 4 fully saturated rings. The molecule has 12 nitrogen and oxygen atoms in total. The van der Waals surface area contributed by atoms with Crippen LogP contribution in [-0.2, 0) is 37.3 Å². The topological polar surface area (TPSA) is 142 Å². The number of methoxy groups -OCH3 is 2. The molecule has 0 spiro atoms. The number of hydrogen-bond acceptors (Lipinski definition) is 10. The second-order valence-corrected chi connectivity index (χ2v) is 17.6. The number of carbonyl (C=O) groups excluding carboxylic acids is 4. The number of nitrogens with zero attached hydrogens (tertiary/aromatic N) is 4. The number of aromatic hydroxyl groups is 1. The average Bonchev–Trinajstić information content (AvgIpc) is 3.65. The second-order valence-electron chi connectivity index (χ2n) is 16.7. The number of phenolic OH excluding ortho intramolecular Hbond substituents is 1. The van der Waals surface area contributed by atoms with Crippen LogP contribution in [0.15, 0.2) is 90.6 Å². The highest BCUT2D eigenvalue weighted by atomic mass is 35.5. The molecule has 3 aliphatic heterocycles. The van der Waals surface area contributed by atoms with E-state index in [0.29, 0.717) is 59.4 Å². The summed E-state index contributed by atoms with van der Waals surface area (Å²) < 4.78 is 52.2. The number of likely N-dealkylation sites (tertiary alicyclic amines) is 2. The number of piperidine rings is 1. The van der Waals surface area contributed by atoms with Gasteiger partial charge in [-0.3, -0.25) is 34.4 Å². The van der Waals surface area contributed by atoms with Crippen molar-refractivity contribution in [1.29, 1.82) is 0 Å². The van der Waals surface area contributed by atoms with Crippen molar-refractivity contribution in [3.8, 4) is 17.2 Å². The van der Waals surface area contributed by atoms with Crippen molar-refractivity contribution in [2.24, 2.45) is 23.7 Å². The lowest BCUT2D eigenvalue weighted by atomic mass is 9.49. The summed E-state index contributed by atoms with van der Waals surface area (Å²) in [7, 11) is 2.79. The number of carbonyl (C=O) groups is 4. The molecule has 0 unspecified atom stereocenters. The number of amides is 4. The third-order valence-corrected chi connectivity index (χ3v) is 14.1. The SMILES string of the molecule is COc1cc(O)c([C@H]2C3=CC[C@@H]4C(=O)N(C5CCN(Cc6ccccc6)CC5)C(=O)[C@@H]4[C@@H]3C[C@H]3C(=O)N(Nc4ncc(C(F)(F)F)cc4Cl)C(=O)[C@@]23c2ccc(Cl)cc2)c(OC)c1. The number of anilines is 1. The van der Waals surface area contributed by atoms with Crippen LogP contribution >= 0.6 is 23.2 Å². The van der Waals surface area contributed by atoms with Gasteiger partial charge in [-0.05, 0) is 60.9 Å². The predicted molar refractivity (Wildman–Crippen MR) is 225 cm³/mol. The number of rotatable bonds is 9. The molecule has 2 aliphatic carbocycles. The van der Waals surface area contributed by atoms with Crippen LogP contribution in [0.3, 0.4) is 0 Å². The monoisotopic (exact) mass is 903 g/mol. The smallest absolute Gasteiger partial charge is 0.417 e. The number of ether oxygens (including phenoxy) is 2. The molecular weight excluding hydrogens is 862 g/mol. The fourth-order valence-corrected chi connectivity index (χ4v) is 11.2. The number of benzene rings is 3. The van der Waals surface area contributed by atoms with E-state index < -0.39 is 69.4 Å². The van der Waals surface area contributed by atoms with Crippen molar-refractivity contribution >= 4 is 52.6 Å². The maximum Gasteiger partial charge on any atom is 0.417 e. The van der Waals surface area contributed by atoms with Crippen LogP contribution in [0.4, 0.5) is 19.0 Å². The van der Waals surface area contributed by atoms with Crippen LogP contribution in [0.25, 0.3) is 0 Å². The molecule has 328 valence electrons. The van der Waals surface area contributed by atoms with E-state index in [2.05, 4.69) is 27.4 Å². The van der Waals surface area contributed by atoms with Crippen LogP contribution in [0.5, 0.6) is 17.2 Å². The standard InChI is InChI=1S/C46H42Cl2F3N5O7/c1-62-29-19-35(57)38(36(20-29)63-2)39-30-12-13-31-37(43(60)55(41(31)58)28-14-16-54(17-15-28)23-24-6-4-3-5-7-24)32(30)21-33-42(59)56(44(61)45(33,39)25-8-10-27(47)11-9-25)53-40-34(48)18-26(22-52-40)46(49,50)51/h3-12,18-20,22,28,31-33,37,39,57H,13-17,21,23H2,1-2H3,(H,52,53)/t31-,32+,33-,37-,39+,45+/m0/s1. The highest BCUT2D eigenvalue weighted by Gasteiger charge is 2.71. The van der Waals surface area contributed by atoms with Crippen molar-refractivity contribution in [1.82, 2.24) is 19.8 Å². The van der Waals surface area contributed by atoms with E-state index in [1.165, 1.54) is 36.8 Å². The van der Waals surface area contributed by atoms with E-state index in [4.69, 9.17) is 32.7 Å². The van der Waals surface area contributed by atoms with Crippen LogP contribution in [-0.4, -0.2) is 81.9 Å². The first-order valence-corrected chi connectivity index (χ1v) is 21.3. The van der Waals surface area contributed by atoms with Crippen LogP contribution in [0.2, 0.25) is 10.0 Å². The fourth-order valence-electron chi connectivity index (χ4n) is 10.8. The van der Waals surface area contributed by atoms with Crippen LogP contribution in [0.1, 0.15) is 53.9 Å². The third kappa shape index (κ3) is 6.99. The van der Waals surface area contributed by atoms with E-state index in [9.17, 15) is 27.9 Å². The van der Waals surface area contributed by atoms with E-state index in [1.807, 2.05) is 24.3 Å². The number of allylic oxidation sites excluding steroid dienone is 2. The fraction of sp³-hybridized carbons (Fsp3) is 0.370. The Balaban J connectivity index is 1.15. The number of alkyl halides is 3. The highest BCUT2D eigenvalue weighted by Crippen LogP contribution is 2.66. The zero-order chi connectivity index (χ0) is 44.5. The minimum Gasteiger partial charge on any atom is -0.507 e. The maximum absolute atomic E-state index is 15.6. The quantitative estimate of drug-likeness (QED) is 0.126. The van der Waals surface area contributed by atoms with E-state index in [0.717, 1.165) is 6.54 Å². The summed E-state index contributed by atoms with van der Waals surface area (Å²) in [5.41, 5.74) is 1.77. The van der Waals surface area contributed by atoms with E-state index in [-0.39, 0.29) is 53.5 Å². The number of fused-ring (bicyclic) bond motifs is 4. The Kier molecular flexibility index (Phi) is 10.9. The van der Waals surface area contributed by atoms with Crippen LogP contribution < -0.4 is 14.9 Å². The maximum atomic E-state index is 15.6. The average molecular weight is 905 g/mol. The molecular formula is C46H42Cl2F3N5O7. The van der Waals surface area contributed by atoms with Gasteiger partial charge in [0, 0.05) is 60.5 Å². The summed E-state index contributed by atoms with van der Waals surface area (Å²) >= 11 is 12.7. The van der Waals surface area contributed by atoms with Gasteiger partial charge in [0.25, 0.3) is 11.8 Å². The third-order valence-electron chi connectivity index (χ3n) is 13.6. The lowest BCUT2D eigenvalue weighted by molar-refractivity contribution is -0.144. The zero-order valence-electron chi connectivity index (χ0n) is 34.1. The van der Waals surface area contributed by atoms with Gasteiger partial charge >= 0.3 is 6.18 Å². The summed E-state index contributed by atoms with van der Waals surface area (Å²) in [6.07, 6.45) is -1.14. The molecule has 17 heteroatoms. The van der Waals surface area contributed by atoms with Crippen molar-refractivity contribution in [3.05, 3.63) is 123 Å². The Labute approximate surface area is 370 Å². The first-order chi connectivity index (χ1) is 30.2. The van der Waals surface area contributed by atoms with Crippen LogP contribution in [0, 0.1) is 23.7 Å². The summed E-state index contributed by atoms with van der Waals surface area (Å²) in [6, 6.07) is 19.6. The van der Waals surface area contributed by atoms with E-state index in [1.54, 1.807) is 24.3 Å². The molecule has 2 N–H and O–H groups in total. The molecule has 3 saturated heterocycles. The molecule has 3 aromatic carbocycles. The lowest BCUT2D eigenvalue weighted by Crippen LogP contribution is -2.53. The number of hydrogen-bond donors (Lipinski definition) is 2. The van der Waals surface area contributed by atoms with Crippen molar-refractivity contribution in [3.63, 3.8) is 0 Å². The Hall–Kier alpha value is -5.64. The van der Waals surface area contributed by atoms with Gasteiger partial charge in [-0.15, -0.1) is 0 Å². The molecule has 1 saturated carbocycles. The van der Waals surface area contributed by atoms with Crippen molar-refractivity contribution in [2.45, 2.75) is 55.8 Å². The van der Waals surface area contributed by atoms with Gasteiger partial charge < -0.3 is 14.6 Å². The summed E-state index contributed by atoms with van der Waals surface area (Å²) in [4.78, 5) is 67.7. The number of pyridine rings is 1. The Bertz CT molecular complexity index is 2540. The van der Waals surface area contributed by atoms with E-state index >= 15 is 9.59 Å². The van der Waals surface area contributed by atoms with Gasteiger partial charge in [-0.25, -0.2) is 4.98 Å². The zero-order valence-corrected chi connectivity index (χ0v) is 35.6. The minimum absolute atomic E-state index is 0.0787. The first kappa shape index (κ1) is 42.7. The van der Waals surface area contributed by atoms with Gasteiger partial charge in [0.05, 0.1) is 48.0 Å². The van der Waals surface area contributed by atoms with Gasteiger partial charge in [-0.2, -0.15) is 18.2 Å². The minimum atomic E-state index is -4.77. The van der Waals surface area contributed by atoms with Gasteiger partial charge in [0.1, 0.15) is 17.2 Å². The lowest BCUT2D eigenvalue weighted by Gasteiger charge is -2.50. The molecule has 9 rings (SSSR count). The Morgan fingerprint density at radius 3 is 2.27 bits per heavy atom. The van der Waals surface area contributed by atoms with Gasteiger partial charge in [0.15, 0.2) is 5.82 Å². The Morgan fingerprint density at radius 2 is 1.62 bits per heavy atom. The molecule has 5 aliphatic rings. The number of imide groups is 2. The van der Waals surface area contributed by atoms with Crippen molar-refractivity contribution in [2.75, 3.05) is 32.7 Å². The molecule has 0 bridgehead atoms. The molecule has 63 heavy (non-hydrogen) atoms. The summed E-state index contributed by atoms with van der Waals surface area (Å²) in [5, 5.41) is 12.5. The molecule has 1 aromatic heterocycles. The molecule has 4 heterocycles. The normalized spacial score (nSPS) is 26.3. The molecule has 4 aromatic rings. The Morgan fingerprint density at radius 1 is 0.905 bits per heavy atom. The molecule has 4 amide bonds. The molecule has 0 radical (unpaired) electrons. The largest absolute Gasteiger partial charge is 0.507 e. The number of nitrogens with one attached hydrogen (secondary N) is 1. The first-order valence-electron chi connectivity index (χ1n) is 20.6. The predicted octanol–water partition coefficient (Wildman–Crippen LogP) is 7.78. The number of halogens is 5. The number of phenols is 1. The second kappa shape index (κ2) is 16.2. The number of aromatic nitrogens is 1. The molecule has 6 atom stereocenters. The summed E-state index contributed by atoms with van der Waals surface area (Å²) in [6.45, 7) is 2.11. The van der Waals surface area contributed by atoms with Gasteiger partial charge in [0.2, 0.25) is 11.8 Å².